The lowest BCUT2D eigenvalue weighted by atomic mass is 10.1. The molecule has 5 rings (SSSR count). The van der Waals surface area contributed by atoms with Gasteiger partial charge in [-0.1, -0.05) is 53.8 Å². The summed E-state index contributed by atoms with van der Waals surface area (Å²) < 4.78 is 26.9. The molecule has 0 aliphatic carbocycles. The minimum Gasteiger partial charge on any atom is -0.284 e. The highest BCUT2D eigenvalue weighted by Crippen LogP contribution is 2.30. The van der Waals surface area contributed by atoms with Gasteiger partial charge in [0.2, 0.25) is 10.0 Å². The Morgan fingerprint density at radius 2 is 1.70 bits per heavy atom. The number of para-hydroxylation sites is 1. The number of carbonyl (C=O) groups excluding carboxylic acids is 1. The summed E-state index contributed by atoms with van der Waals surface area (Å²) in [4.78, 5) is 20.0. The summed E-state index contributed by atoms with van der Waals surface area (Å²) in [5.74, 6) is 0.0132. The van der Waals surface area contributed by atoms with Crippen LogP contribution in [0.15, 0.2) is 78.9 Å². The fraction of sp³-hybridized carbons (Fsp3) is 0.200. The first kappa shape index (κ1) is 21.6. The average molecular weight is 478 g/mol. The number of fused-ring (bicyclic) bond motifs is 1. The van der Waals surface area contributed by atoms with Gasteiger partial charge in [0.15, 0.2) is 5.13 Å². The van der Waals surface area contributed by atoms with E-state index in [1.807, 2.05) is 54.6 Å². The van der Waals surface area contributed by atoms with Gasteiger partial charge >= 0.3 is 0 Å². The number of hydrogen-bond acceptors (Lipinski definition) is 5. The molecule has 1 fully saturated rings. The molecule has 0 bridgehead atoms. The molecule has 3 aromatic carbocycles. The molecule has 1 saturated heterocycles. The fourth-order valence-electron chi connectivity index (χ4n) is 4.00. The topological polar surface area (TPSA) is 70.6 Å². The number of aromatic nitrogens is 1. The van der Waals surface area contributed by atoms with Crippen molar-refractivity contribution in [1.29, 1.82) is 0 Å². The Balaban J connectivity index is 1.44. The van der Waals surface area contributed by atoms with Crippen LogP contribution in [0.1, 0.15) is 22.3 Å². The van der Waals surface area contributed by atoms with E-state index in [-0.39, 0.29) is 11.7 Å². The second-order valence-corrected chi connectivity index (χ2v) is 11.0. The first-order chi connectivity index (χ1) is 16.0. The van der Waals surface area contributed by atoms with Gasteiger partial charge in [0.05, 0.1) is 21.7 Å². The Morgan fingerprint density at radius 1 is 0.970 bits per heavy atom. The zero-order valence-corrected chi connectivity index (χ0v) is 19.6. The SMILES string of the molecule is O=C(c1ccc(N2CCCS2(=O)=O)cc1)N(CCc1ccccc1)c1nc2ccccc2s1. The zero-order valence-electron chi connectivity index (χ0n) is 17.9. The summed E-state index contributed by atoms with van der Waals surface area (Å²) in [6.07, 6.45) is 1.32. The Labute approximate surface area is 197 Å². The van der Waals surface area contributed by atoms with Crippen LogP contribution in [0.5, 0.6) is 0 Å². The van der Waals surface area contributed by atoms with Gasteiger partial charge in [-0.15, -0.1) is 0 Å². The zero-order chi connectivity index (χ0) is 22.8. The third-order valence-corrected chi connectivity index (χ3v) is 8.66. The lowest BCUT2D eigenvalue weighted by molar-refractivity contribution is 0.0987. The molecule has 0 radical (unpaired) electrons. The van der Waals surface area contributed by atoms with E-state index in [1.165, 1.54) is 15.6 Å². The van der Waals surface area contributed by atoms with E-state index in [0.717, 1.165) is 15.8 Å². The van der Waals surface area contributed by atoms with E-state index in [4.69, 9.17) is 4.98 Å². The van der Waals surface area contributed by atoms with Crippen LogP contribution in [0.2, 0.25) is 0 Å². The number of sulfonamides is 1. The molecule has 4 aromatic rings. The number of anilines is 2. The predicted octanol–water partition coefficient (Wildman–Crippen LogP) is 4.73. The number of rotatable bonds is 6. The third kappa shape index (κ3) is 4.49. The highest BCUT2D eigenvalue weighted by atomic mass is 32.2. The van der Waals surface area contributed by atoms with Crippen molar-refractivity contribution in [3.05, 3.63) is 90.0 Å². The van der Waals surface area contributed by atoms with Crippen molar-refractivity contribution in [1.82, 2.24) is 4.98 Å². The van der Waals surface area contributed by atoms with E-state index in [9.17, 15) is 13.2 Å². The van der Waals surface area contributed by atoms with Crippen molar-refractivity contribution in [2.45, 2.75) is 12.8 Å². The van der Waals surface area contributed by atoms with Gasteiger partial charge in [0, 0.05) is 18.7 Å². The van der Waals surface area contributed by atoms with Crippen LogP contribution in [-0.2, 0) is 16.4 Å². The molecular weight excluding hydrogens is 454 g/mol. The van der Waals surface area contributed by atoms with Gasteiger partial charge in [-0.25, -0.2) is 13.4 Å². The van der Waals surface area contributed by atoms with Gasteiger partial charge in [-0.3, -0.25) is 14.0 Å². The molecule has 8 heteroatoms. The summed E-state index contributed by atoms with van der Waals surface area (Å²) in [7, 11) is -3.26. The number of thiazole rings is 1. The number of hydrogen-bond donors (Lipinski definition) is 0. The summed E-state index contributed by atoms with van der Waals surface area (Å²) >= 11 is 1.49. The molecule has 1 aromatic heterocycles. The minimum atomic E-state index is -3.26. The van der Waals surface area contributed by atoms with E-state index in [0.29, 0.717) is 42.3 Å². The van der Waals surface area contributed by atoms with E-state index in [2.05, 4.69) is 0 Å². The summed E-state index contributed by atoms with van der Waals surface area (Å²) in [6.45, 7) is 0.968. The molecule has 33 heavy (non-hydrogen) atoms. The maximum absolute atomic E-state index is 13.6. The van der Waals surface area contributed by atoms with Crippen molar-refractivity contribution in [2.75, 3.05) is 28.0 Å². The molecule has 0 N–H and O–H groups in total. The molecule has 2 heterocycles. The second-order valence-electron chi connectivity index (χ2n) is 7.95. The van der Waals surface area contributed by atoms with Crippen molar-refractivity contribution >= 4 is 48.3 Å². The highest BCUT2D eigenvalue weighted by molar-refractivity contribution is 7.93. The Hall–Kier alpha value is -3.23. The molecule has 6 nitrogen and oxygen atoms in total. The number of benzene rings is 3. The lowest BCUT2D eigenvalue weighted by Crippen LogP contribution is -2.33. The standard InChI is InChI=1S/C25H23N3O3S2/c29-24(20-11-13-21(14-12-20)28-16-6-18-33(28,30)31)27(17-15-19-7-2-1-3-8-19)25-26-22-9-4-5-10-23(22)32-25/h1-5,7-14H,6,15-18H2. The van der Waals surface area contributed by atoms with Gasteiger partial charge in [-0.2, -0.15) is 0 Å². The highest BCUT2D eigenvalue weighted by Gasteiger charge is 2.29. The van der Waals surface area contributed by atoms with Crippen LogP contribution < -0.4 is 9.21 Å². The molecule has 0 spiro atoms. The smallest absolute Gasteiger partial charge is 0.260 e. The van der Waals surface area contributed by atoms with E-state index in [1.54, 1.807) is 29.2 Å². The maximum Gasteiger partial charge on any atom is 0.260 e. The molecule has 1 amide bonds. The van der Waals surface area contributed by atoms with Crippen molar-refractivity contribution in [3.63, 3.8) is 0 Å². The summed E-state index contributed by atoms with van der Waals surface area (Å²) in [5.41, 5.74) is 3.11. The van der Waals surface area contributed by atoms with Gasteiger partial charge in [0.25, 0.3) is 5.91 Å². The summed E-state index contributed by atoms with van der Waals surface area (Å²) in [5, 5.41) is 0.656. The Bertz CT molecular complexity index is 1350. The molecule has 0 atom stereocenters. The lowest BCUT2D eigenvalue weighted by Gasteiger charge is -2.21. The Kier molecular flexibility index (Phi) is 5.86. The monoisotopic (exact) mass is 477 g/mol. The van der Waals surface area contributed by atoms with Crippen molar-refractivity contribution < 1.29 is 13.2 Å². The van der Waals surface area contributed by atoms with Crippen LogP contribution in [0.25, 0.3) is 10.2 Å². The van der Waals surface area contributed by atoms with E-state index < -0.39 is 10.0 Å². The van der Waals surface area contributed by atoms with Crippen LogP contribution in [0, 0.1) is 0 Å². The second kappa shape index (κ2) is 8.96. The quantitative estimate of drug-likeness (QED) is 0.403. The third-order valence-electron chi connectivity index (χ3n) is 5.73. The summed E-state index contributed by atoms with van der Waals surface area (Å²) in [6, 6.07) is 24.7. The van der Waals surface area contributed by atoms with Gasteiger partial charge < -0.3 is 0 Å². The van der Waals surface area contributed by atoms with E-state index >= 15 is 0 Å². The molecule has 168 valence electrons. The van der Waals surface area contributed by atoms with Crippen LogP contribution in [0.4, 0.5) is 10.8 Å². The molecule has 0 saturated carbocycles. The maximum atomic E-state index is 13.6. The minimum absolute atomic E-state index is 0.152. The molecule has 0 unspecified atom stereocenters. The largest absolute Gasteiger partial charge is 0.284 e. The van der Waals surface area contributed by atoms with Crippen LogP contribution >= 0.6 is 11.3 Å². The van der Waals surface area contributed by atoms with Crippen LogP contribution in [0.3, 0.4) is 0 Å². The number of nitrogens with zero attached hydrogens (tertiary/aromatic N) is 3. The normalized spacial score (nSPS) is 15.1. The average Bonchev–Trinajstić information content (AvgIpc) is 3.42. The number of amides is 1. The van der Waals surface area contributed by atoms with Crippen molar-refractivity contribution in [2.24, 2.45) is 0 Å². The predicted molar refractivity (Wildman–Crippen MR) is 134 cm³/mol. The molecular formula is C25H23N3O3S2. The first-order valence-corrected chi connectivity index (χ1v) is 13.3. The van der Waals surface area contributed by atoms with Crippen LogP contribution in [-0.4, -0.2) is 38.2 Å². The van der Waals surface area contributed by atoms with Gasteiger partial charge in [-0.05, 0) is 54.8 Å². The molecule has 1 aliphatic rings. The first-order valence-electron chi connectivity index (χ1n) is 10.8. The fourth-order valence-corrected chi connectivity index (χ4v) is 6.56. The molecule has 1 aliphatic heterocycles. The Morgan fingerprint density at radius 3 is 2.39 bits per heavy atom. The van der Waals surface area contributed by atoms with Crippen molar-refractivity contribution in [3.8, 4) is 0 Å². The van der Waals surface area contributed by atoms with Gasteiger partial charge in [0.1, 0.15) is 0 Å². The number of carbonyl (C=O) groups is 1.